The number of rotatable bonds is 2. The van der Waals surface area contributed by atoms with E-state index in [4.69, 9.17) is 10.5 Å². The van der Waals surface area contributed by atoms with E-state index in [1.807, 2.05) is 4.68 Å². The van der Waals surface area contributed by atoms with Crippen molar-refractivity contribution in [1.29, 1.82) is 0 Å². The predicted octanol–water partition coefficient (Wildman–Crippen LogP) is 2.20. The smallest absolute Gasteiger partial charge is 0.409 e. The lowest BCUT2D eigenvalue weighted by Gasteiger charge is -2.29. The largest absolute Gasteiger partial charge is 0.446 e. The molecule has 124 valence electrons. The van der Waals surface area contributed by atoms with Crippen molar-refractivity contribution in [2.24, 2.45) is 0 Å². The number of ether oxygens (including phenoxy) is 1. The van der Waals surface area contributed by atoms with Gasteiger partial charge in [0, 0.05) is 14.1 Å². The van der Waals surface area contributed by atoms with E-state index in [1.165, 1.54) is 11.2 Å². The van der Waals surface area contributed by atoms with Crippen molar-refractivity contribution in [1.82, 2.24) is 24.6 Å². The molecule has 8 nitrogen and oxygen atoms in total. The number of aromatic nitrogens is 4. The average molecular weight is 430 g/mol. The minimum atomic E-state index is -0.284. The molecule has 0 aliphatic heterocycles. The Morgan fingerprint density at radius 1 is 1.35 bits per heavy atom. The maximum atomic E-state index is 11.6. The van der Waals surface area contributed by atoms with Crippen LogP contribution in [-0.2, 0) is 4.74 Å². The SMILES string of the molecule is CN(C)C(=O)OC1CCC(n2nc(I)c3c(N)ncnc32)CC1. The van der Waals surface area contributed by atoms with Crippen LogP contribution in [0.5, 0.6) is 0 Å². The fraction of sp³-hybridized carbons (Fsp3) is 0.571. The van der Waals surface area contributed by atoms with Gasteiger partial charge < -0.3 is 15.4 Å². The van der Waals surface area contributed by atoms with Gasteiger partial charge in [-0.25, -0.2) is 19.4 Å². The van der Waals surface area contributed by atoms with E-state index in [-0.39, 0.29) is 18.2 Å². The van der Waals surface area contributed by atoms with Crippen LogP contribution in [-0.4, -0.2) is 50.9 Å². The number of carbonyl (C=O) groups is 1. The summed E-state index contributed by atoms with van der Waals surface area (Å²) in [6.07, 6.45) is 4.58. The molecule has 0 aromatic carbocycles. The van der Waals surface area contributed by atoms with Gasteiger partial charge in [-0.3, -0.25) is 0 Å². The van der Waals surface area contributed by atoms with Crippen molar-refractivity contribution in [3.8, 4) is 0 Å². The Hall–Kier alpha value is -1.65. The number of nitrogens with two attached hydrogens (primary N) is 1. The molecule has 2 heterocycles. The first-order chi connectivity index (χ1) is 11.0. The molecule has 0 radical (unpaired) electrons. The van der Waals surface area contributed by atoms with Crippen LogP contribution in [0.3, 0.4) is 0 Å². The van der Waals surface area contributed by atoms with Crippen LogP contribution in [0.25, 0.3) is 11.0 Å². The van der Waals surface area contributed by atoms with Crippen LogP contribution in [0, 0.1) is 3.70 Å². The maximum absolute atomic E-state index is 11.6. The molecule has 2 aromatic heterocycles. The lowest BCUT2D eigenvalue weighted by atomic mass is 9.93. The summed E-state index contributed by atoms with van der Waals surface area (Å²) in [7, 11) is 3.38. The molecular formula is C14H19IN6O2. The van der Waals surface area contributed by atoms with Crippen molar-refractivity contribution in [3.05, 3.63) is 10.0 Å². The highest BCUT2D eigenvalue weighted by molar-refractivity contribution is 14.1. The third kappa shape index (κ3) is 3.19. The summed E-state index contributed by atoms with van der Waals surface area (Å²) in [5.41, 5.74) is 6.71. The van der Waals surface area contributed by atoms with Crippen LogP contribution >= 0.6 is 22.6 Å². The van der Waals surface area contributed by atoms with Gasteiger partial charge in [-0.2, -0.15) is 5.10 Å². The third-order valence-corrected chi connectivity index (χ3v) is 4.85. The summed E-state index contributed by atoms with van der Waals surface area (Å²) in [5.74, 6) is 0.458. The average Bonchev–Trinajstić information content (AvgIpc) is 2.86. The molecule has 2 N–H and O–H groups in total. The van der Waals surface area contributed by atoms with Crippen molar-refractivity contribution in [2.45, 2.75) is 37.8 Å². The minimum Gasteiger partial charge on any atom is -0.446 e. The first-order valence-corrected chi connectivity index (χ1v) is 8.57. The molecule has 9 heteroatoms. The Balaban J connectivity index is 1.74. The number of hydrogen-bond donors (Lipinski definition) is 1. The zero-order chi connectivity index (χ0) is 16.6. The molecule has 3 rings (SSSR count). The number of nitrogens with zero attached hydrogens (tertiary/aromatic N) is 5. The Morgan fingerprint density at radius 3 is 2.70 bits per heavy atom. The van der Waals surface area contributed by atoms with E-state index in [0.717, 1.165) is 40.4 Å². The van der Waals surface area contributed by atoms with Crippen molar-refractivity contribution in [2.75, 3.05) is 19.8 Å². The van der Waals surface area contributed by atoms with E-state index >= 15 is 0 Å². The highest BCUT2D eigenvalue weighted by Crippen LogP contribution is 2.33. The third-order valence-electron chi connectivity index (χ3n) is 4.10. The number of anilines is 1. The number of halogens is 1. The molecule has 1 amide bonds. The Morgan fingerprint density at radius 2 is 2.04 bits per heavy atom. The van der Waals surface area contributed by atoms with E-state index in [2.05, 4.69) is 37.7 Å². The summed E-state index contributed by atoms with van der Waals surface area (Å²) in [4.78, 5) is 21.5. The highest BCUT2D eigenvalue weighted by atomic mass is 127. The van der Waals surface area contributed by atoms with Gasteiger partial charge in [-0.15, -0.1) is 0 Å². The first kappa shape index (κ1) is 16.2. The van der Waals surface area contributed by atoms with Gasteiger partial charge in [-0.1, -0.05) is 0 Å². The maximum Gasteiger partial charge on any atom is 0.409 e. The van der Waals surface area contributed by atoms with Gasteiger partial charge in [0.2, 0.25) is 0 Å². The normalized spacial score (nSPS) is 21.3. The fourth-order valence-corrected chi connectivity index (χ4v) is 3.61. The predicted molar refractivity (Wildman–Crippen MR) is 93.9 cm³/mol. The highest BCUT2D eigenvalue weighted by Gasteiger charge is 2.28. The van der Waals surface area contributed by atoms with Gasteiger partial charge in [0.1, 0.15) is 21.9 Å². The molecule has 0 saturated heterocycles. The van der Waals surface area contributed by atoms with Crippen molar-refractivity contribution in [3.63, 3.8) is 0 Å². The molecule has 23 heavy (non-hydrogen) atoms. The number of amides is 1. The molecule has 0 spiro atoms. The molecule has 2 aromatic rings. The summed E-state index contributed by atoms with van der Waals surface area (Å²) >= 11 is 2.16. The Bertz CT molecular complexity index is 723. The zero-order valence-electron chi connectivity index (χ0n) is 13.1. The molecule has 1 saturated carbocycles. The van der Waals surface area contributed by atoms with Gasteiger partial charge in [0.25, 0.3) is 0 Å². The summed E-state index contributed by atoms with van der Waals surface area (Å²) in [6.45, 7) is 0. The molecule has 0 unspecified atom stereocenters. The Kier molecular flexibility index (Phi) is 4.55. The number of fused-ring (bicyclic) bond motifs is 1. The van der Waals surface area contributed by atoms with Crippen LogP contribution in [0.1, 0.15) is 31.7 Å². The molecule has 1 fully saturated rings. The zero-order valence-corrected chi connectivity index (χ0v) is 15.2. The van der Waals surface area contributed by atoms with Crippen LogP contribution in [0.4, 0.5) is 10.6 Å². The van der Waals surface area contributed by atoms with E-state index < -0.39 is 0 Å². The van der Waals surface area contributed by atoms with Crippen LogP contribution in [0.2, 0.25) is 0 Å². The lowest BCUT2D eigenvalue weighted by Crippen LogP contribution is -2.31. The minimum absolute atomic E-state index is 0.0262. The standard InChI is InChI=1S/C14H19IN6O2/c1-20(2)14(22)23-9-5-3-8(4-6-9)21-13-10(11(15)19-21)12(16)17-7-18-13/h7-9H,3-6H2,1-2H3,(H2,16,17,18). The van der Waals surface area contributed by atoms with Gasteiger partial charge in [0.15, 0.2) is 5.65 Å². The van der Waals surface area contributed by atoms with Crippen molar-refractivity contribution >= 4 is 45.5 Å². The topological polar surface area (TPSA) is 99.2 Å². The lowest BCUT2D eigenvalue weighted by molar-refractivity contribution is 0.0471. The van der Waals surface area contributed by atoms with Crippen LogP contribution in [0.15, 0.2) is 6.33 Å². The second kappa shape index (κ2) is 6.46. The summed E-state index contributed by atoms with van der Waals surface area (Å²) in [5, 5.41) is 5.41. The first-order valence-electron chi connectivity index (χ1n) is 7.49. The van der Waals surface area contributed by atoms with E-state index in [9.17, 15) is 4.79 Å². The molecule has 0 atom stereocenters. The number of nitrogen functional groups attached to an aromatic ring is 1. The number of carbonyl (C=O) groups excluding carboxylic acids is 1. The van der Waals surface area contributed by atoms with Crippen LogP contribution < -0.4 is 5.73 Å². The van der Waals surface area contributed by atoms with E-state index in [0.29, 0.717) is 5.82 Å². The summed E-state index contributed by atoms with van der Waals surface area (Å²) in [6, 6.07) is 0.240. The summed E-state index contributed by atoms with van der Waals surface area (Å²) < 4.78 is 8.22. The molecule has 0 bridgehead atoms. The van der Waals surface area contributed by atoms with Gasteiger partial charge >= 0.3 is 6.09 Å². The van der Waals surface area contributed by atoms with Gasteiger partial charge in [0.05, 0.1) is 11.4 Å². The molecule has 1 aliphatic rings. The van der Waals surface area contributed by atoms with Crippen molar-refractivity contribution < 1.29 is 9.53 Å². The Labute approximate surface area is 147 Å². The second-order valence-corrected chi connectivity index (χ2v) is 6.92. The fourth-order valence-electron chi connectivity index (χ4n) is 2.86. The van der Waals surface area contributed by atoms with E-state index in [1.54, 1.807) is 14.1 Å². The molecule has 1 aliphatic carbocycles. The van der Waals surface area contributed by atoms with Gasteiger partial charge in [-0.05, 0) is 48.3 Å². The monoisotopic (exact) mass is 430 g/mol. The number of hydrogen-bond acceptors (Lipinski definition) is 6. The quantitative estimate of drug-likeness (QED) is 0.734. The second-order valence-electron chi connectivity index (χ2n) is 5.90. The molecular weight excluding hydrogens is 411 g/mol.